The van der Waals surface area contributed by atoms with E-state index >= 15 is 0 Å². The first-order valence-electron chi connectivity index (χ1n) is 5.40. The largest absolute Gasteiger partial charge is 0.355 e. The summed E-state index contributed by atoms with van der Waals surface area (Å²) in [5, 5.41) is 5.59. The molecule has 0 unspecified atom stereocenters. The third kappa shape index (κ3) is 11.9. The first-order valence-corrected chi connectivity index (χ1v) is 7.05. The van der Waals surface area contributed by atoms with Gasteiger partial charge in [0.05, 0.1) is 5.75 Å². The number of rotatable bonds is 9. The predicted octanol–water partition coefficient (Wildman–Crippen LogP) is -0.537. The van der Waals surface area contributed by atoms with E-state index in [-0.39, 0.29) is 30.6 Å². The number of hydrogen-bond donors (Lipinski definition) is 3. The van der Waals surface area contributed by atoms with Crippen LogP contribution in [0.25, 0.3) is 0 Å². The summed E-state index contributed by atoms with van der Waals surface area (Å²) in [5.41, 5.74) is 0. The molecule has 0 atom stereocenters. The summed E-state index contributed by atoms with van der Waals surface area (Å²) in [6.07, 6.45) is 1.24. The minimum Gasteiger partial charge on any atom is -0.355 e. The highest BCUT2D eigenvalue weighted by atomic mass is 35.5. The first-order chi connectivity index (χ1) is 7.52. The van der Waals surface area contributed by atoms with Gasteiger partial charge in [-0.3, -0.25) is 4.79 Å². The number of sulfonamides is 1. The van der Waals surface area contributed by atoms with Crippen LogP contribution in [0.4, 0.5) is 0 Å². The van der Waals surface area contributed by atoms with Gasteiger partial charge >= 0.3 is 0 Å². The number of carbonyl (C=O) groups is 1. The first kappa shape index (κ1) is 19.0. The van der Waals surface area contributed by atoms with Gasteiger partial charge in [0.15, 0.2) is 0 Å². The van der Waals surface area contributed by atoms with Crippen molar-refractivity contribution in [2.75, 3.05) is 32.4 Å². The lowest BCUT2D eigenvalue weighted by atomic mass is 10.3. The van der Waals surface area contributed by atoms with Gasteiger partial charge in [-0.1, -0.05) is 0 Å². The molecule has 0 aromatic carbocycles. The van der Waals surface area contributed by atoms with E-state index in [1.54, 1.807) is 6.92 Å². The second-order valence-electron chi connectivity index (χ2n) is 3.35. The lowest BCUT2D eigenvalue weighted by molar-refractivity contribution is -0.121. The molecule has 0 saturated heterocycles. The molecule has 17 heavy (non-hydrogen) atoms. The van der Waals surface area contributed by atoms with Gasteiger partial charge in [-0.15, -0.1) is 12.4 Å². The fourth-order valence-corrected chi connectivity index (χ4v) is 1.64. The van der Waals surface area contributed by atoms with E-state index in [0.29, 0.717) is 13.0 Å². The van der Waals surface area contributed by atoms with E-state index in [4.69, 9.17) is 0 Å². The van der Waals surface area contributed by atoms with Crippen molar-refractivity contribution in [3.05, 3.63) is 0 Å². The average molecular weight is 288 g/mol. The summed E-state index contributed by atoms with van der Waals surface area (Å²) in [5.74, 6) is 0.00860. The van der Waals surface area contributed by atoms with Crippen LogP contribution in [0.1, 0.15) is 19.8 Å². The molecule has 6 nitrogen and oxygen atoms in total. The minimum absolute atomic E-state index is 0. The topological polar surface area (TPSA) is 87.3 Å². The van der Waals surface area contributed by atoms with E-state index in [9.17, 15) is 13.2 Å². The van der Waals surface area contributed by atoms with Gasteiger partial charge in [0.25, 0.3) is 0 Å². The zero-order valence-electron chi connectivity index (χ0n) is 10.3. The average Bonchev–Trinajstić information content (AvgIpc) is 2.25. The molecule has 0 spiro atoms. The van der Waals surface area contributed by atoms with Crippen LogP contribution in [0.15, 0.2) is 0 Å². The van der Waals surface area contributed by atoms with Crippen LogP contribution in [0, 0.1) is 0 Å². The lowest BCUT2D eigenvalue weighted by Crippen LogP contribution is -2.35. The standard InChI is InChI=1S/C9H21N3O3S.ClH/c1-3-16(14,15)12-8-7-11-9(13)5-4-6-10-2;/h10,12H,3-8H2,1-2H3,(H,11,13);1H. The third-order valence-electron chi connectivity index (χ3n) is 1.98. The van der Waals surface area contributed by atoms with E-state index in [1.165, 1.54) is 0 Å². The van der Waals surface area contributed by atoms with Gasteiger partial charge in [0.1, 0.15) is 0 Å². The number of halogens is 1. The van der Waals surface area contributed by atoms with Gasteiger partial charge in [0, 0.05) is 19.5 Å². The second kappa shape index (κ2) is 10.8. The molecule has 0 aliphatic heterocycles. The molecule has 3 N–H and O–H groups in total. The Hall–Kier alpha value is -0.370. The van der Waals surface area contributed by atoms with Crippen molar-refractivity contribution >= 4 is 28.3 Å². The van der Waals surface area contributed by atoms with Gasteiger partial charge in [-0.05, 0) is 26.9 Å². The molecule has 0 rings (SSSR count). The Morgan fingerprint density at radius 1 is 1.18 bits per heavy atom. The molecule has 104 valence electrons. The van der Waals surface area contributed by atoms with Crippen LogP contribution < -0.4 is 15.4 Å². The summed E-state index contributed by atoms with van der Waals surface area (Å²) in [7, 11) is -1.32. The fraction of sp³-hybridized carbons (Fsp3) is 0.889. The van der Waals surface area contributed by atoms with E-state index in [2.05, 4.69) is 15.4 Å². The van der Waals surface area contributed by atoms with Gasteiger partial charge < -0.3 is 10.6 Å². The predicted molar refractivity (Wildman–Crippen MR) is 70.9 cm³/mol. The Bertz CT molecular complexity index is 296. The molecule has 1 amide bonds. The van der Waals surface area contributed by atoms with Crippen molar-refractivity contribution in [1.82, 2.24) is 15.4 Å². The number of carbonyl (C=O) groups excluding carboxylic acids is 1. The lowest BCUT2D eigenvalue weighted by Gasteiger charge is -2.06. The van der Waals surface area contributed by atoms with Crippen LogP contribution in [-0.2, 0) is 14.8 Å². The summed E-state index contributed by atoms with van der Waals surface area (Å²) in [6.45, 7) is 2.94. The molecule has 0 fully saturated rings. The van der Waals surface area contributed by atoms with Crippen molar-refractivity contribution in [3.8, 4) is 0 Å². The van der Waals surface area contributed by atoms with Crippen molar-refractivity contribution in [1.29, 1.82) is 0 Å². The molecule has 0 aromatic heterocycles. The minimum atomic E-state index is -3.15. The van der Waals surface area contributed by atoms with Crippen molar-refractivity contribution < 1.29 is 13.2 Å². The summed E-state index contributed by atoms with van der Waals surface area (Å²) >= 11 is 0. The highest BCUT2D eigenvalue weighted by molar-refractivity contribution is 7.89. The number of nitrogens with one attached hydrogen (secondary N) is 3. The van der Waals surface area contributed by atoms with Crippen LogP contribution in [0.2, 0.25) is 0 Å². The Morgan fingerprint density at radius 3 is 2.35 bits per heavy atom. The van der Waals surface area contributed by atoms with Crippen LogP contribution in [0.5, 0.6) is 0 Å². The molecular weight excluding hydrogens is 266 g/mol. The van der Waals surface area contributed by atoms with Crippen LogP contribution >= 0.6 is 12.4 Å². The zero-order valence-corrected chi connectivity index (χ0v) is 11.9. The molecule has 0 radical (unpaired) electrons. The third-order valence-corrected chi connectivity index (χ3v) is 3.38. The molecular formula is C9H22ClN3O3S. The molecule has 0 bridgehead atoms. The maximum absolute atomic E-state index is 11.2. The Labute approximate surface area is 109 Å². The molecule has 0 aliphatic carbocycles. The number of amides is 1. The van der Waals surface area contributed by atoms with Gasteiger partial charge in [0.2, 0.25) is 15.9 Å². The molecule has 0 saturated carbocycles. The Balaban J connectivity index is 0. The van der Waals surface area contributed by atoms with Gasteiger partial charge in [-0.2, -0.15) is 0 Å². The molecule has 8 heteroatoms. The summed E-state index contributed by atoms with van der Waals surface area (Å²) < 4.78 is 24.4. The van der Waals surface area contributed by atoms with E-state index < -0.39 is 10.0 Å². The second-order valence-corrected chi connectivity index (χ2v) is 5.45. The summed E-state index contributed by atoms with van der Waals surface area (Å²) in [6, 6.07) is 0. The molecule has 0 aliphatic rings. The van der Waals surface area contributed by atoms with Gasteiger partial charge in [-0.25, -0.2) is 13.1 Å². The Morgan fingerprint density at radius 2 is 1.82 bits per heavy atom. The van der Waals surface area contributed by atoms with Crippen molar-refractivity contribution in [2.24, 2.45) is 0 Å². The Kier molecular flexibility index (Phi) is 12.0. The van der Waals surface area contributed by atoms with Crippen molar-refractivity contribution in [3.63, 3.8) is 0 Å². The maximum atomic E-state index is 11.2. The highest BCUT2D eigenvalue weighted by Gasteiger charge is 2.05. The quantitative estimate of drug-likeness (QED) is 0.497. The maximum Gasteiger partial charge on any atom is 0.220 e. The van der Waals surface area contributed by atoms with Crippen LogP contribution in [0.3, 0.4) is 0 Å². The van der Waals surface area contributed by atoms with E-state index in [0.717, 1.165) is 13.0 Å². The number of hydrogen-bond acceptors (Lipinski definition) is 4. The van der Waals surface area contributed by atoms with E-state index in [1.807, 2.05) is 7.05 Å². The molecule has 0 heterocycles. The monoisotopic (exact) mass is 287 g/mol. The van der Waals surface area contributed by atoms with Crippen molar-refractivity contribution in [2.45, 2.75) is 19.8 Å². The molecule has 0 aromatic rings. The van der Waals surface area contributed by atoms with Crippen LogP contribution in [-0.4, -0.2) is 46.8 Å². The normalized spacial score (nSPS) is 10.7. The highest BCUT2D eigenvalue weighted by Crippen LogP contribution is 1.86. The summed E-state index contributed by atoms with van der Waals surface area (Å²) in [4.78, 5) is 11.2. The SMILES string of the molecule is CCS(=O)(=O)NCCNC(=O)CCCNC.Cl. The smallest absolute Gasteiger partial charge is 0.220 e. The fourth-order valence-electron chi connectivity index (χ4n) is 1.02. The zero-order chi connectivity index (χ0) is 12.4.